The van der Waals surface area contributed by atoms with Crippen LogP contribution in [0.2, 0.25) is 0 Å². The molecule has 110 valence electrons. The number of carbonyl (C=O) groups is 2. The van der Waals surface area contributed by atoms with Crippen molar-refractivity contribution in [3.63, 3.8) is 0 Å². The van der Waals surface area contributed by atoms with E-state index in [1.165, 1.54) is 0 Å². The van der Waals surface area contributed by atoms with Gasteiger partial charge in [-0.2, -0.15) is 0 Å². The lowest BCUT2D eigenvalue weighted by atomic mass is 9.82. The highest BCUT2D eigenvalue weighted by atomic mass is 32.2. The van der Waals surface area contributed by atoms with Gasteiger partial charge in [-0.3, -0.25) is 9.59 Å². The second-order valence-corrected chi connectivity index (χ2v) is 6.38. The molecule has 1 aromatic rings. The van der Waals surface area contributed by atoms with E-state index >= 15 is 0 Å². The molecule has 4 nitrogen and oxygen atoms in total. The molecule has 1 amide bonds. The Bertz CT molecular complexity index is 613. The van der Waals surface area contributed by atoms with Gasteiger partial charge in [-0.15, -0.1) is 11.8 Å². The average Bonchev–Trinajstić information content (AvgIpc) is 3.08. The SMILES string of the molecule is CSc1ccccc1NC(=O)[C@@H]1[C@@H](C(=O)O)[C@H]2C=C[C@H]1C2. The van der Waals surface area contributed by atoms with E-state index in [1.807, 2.05) is 42.7 Å². The maximum Gasteiger partial charge on any atom is 0.307 e. The molecule has 21 heavy (non-hydrogen) atoms. The molecule has 1 saturated carbocycles. The van der Waals surface area contributed by atoms with Crippen LogP contribution in [0.3, 0.4) is 0 Å². The zero-order valence-corrected chi connectivity index (χ0v) is 12.5. The first kappa shape index (κ1) is 14.2. The number of anilines is 1. The fraction of sp³-hybridized carbons (Fsp3) is 0.375. The zero-order valence-electron chi connectivity index (χ0n) is 11.7. The summed E-state index contributed by atoms with van der Waals surface area (Å²) in [6.45, 7) is 0. The molecule has 0 aliphatic heterocycles. The van der Waals surface area contributed by atoms with Crippen molar-refractivity contribution in [1.29, 1.82) is 0 Å². The van der Waals surface area contributed by atoms with Gasteiger partial charge in [0.05, 0.1) is 17.5 Å². The number of carboxylic acids is 1. The van der Waals surface area contributed by atoms with E-state index in [0.29, 0.717) is 0 Å². The Morgan fingerprint density at radius 1 is 1.19 bits per heavy atom. The average molecular weight is 303 g/mol. The topological polar surface area (TPSA) is 66.4 Å². The smallest absolute Gasteiger partial charge is 0.307 e. The van der Waals surface area contributed by atoms with Gasteiger partial charge in [-0.1, -0.05) is 24.3 Å². The Morgan fingerprint density at radius 2 is 1.86 bits per heavy atom. The van der Waals surface area contributed by atoms with Crippen LogP contribution in [-0.2, 0) is 9.59 Å². The fourth-order valence-electron chi connectivity index (χ4n) is 3.48. The Balaban J connectivity index is 1.82. The van der Waals surface area contributed by atoms with Gasteiger partial charge in [0.1, 0.15) is 0 Å². The van der Waals surface area contributed by atoms with Crippen LogP contribution in [0, 0.1) is 23.7 Å². The quantitative estimate of drug-likeness (QED) is 0.663. The number of benzene rings is 1. The van der Waals surface area contributed by atoms with E-state index in [2.05, 4.69) is 5.32 Å². The lowest BCUT2D eigenvalue weighted by Crippen LogP contribution is -2.36. The van der Waals surface area contributed by atoms with E-state index in [4.69, 9.17) is 0 Å². The molecule has 0 radical (unpaired) electrons. The molecule has 5 heteroatoms. The van der Waals surface area contributed by atoms with Crippen molar-refractivity contribution < 1.29 is 14.7 Å². The number of amides is 1. The number of aliphatic carboxylic acids is 1. The number of thioether (sulfide) groups is 1. The number of rotatable bonds is 4. The van der Waals surface area contributed by atoms with Crippen LogP contribution >= 0.6 is 11.8 Å². The van der Waals surface area contributed by atoms with E-state index in [-0.39, 0.29) is 17.7 Å². The first-order chi connectivity index (χ1) is 10.1. The lowest BCUT2D eigenvalue weighted by Gasteiger charge is -2.24. The highest BCUT2D eigenvalue weighted by Crippen LogP contribution is 2.48. The van der Waals surface area contributed by atoms with Crippen molar-refractivity contribution in [2.24, 2.45) is 23.7 Å². The third-order valence-corrected chi connectivity index (χ3v) is 5.21. The summed E-state index contributed by atoms with van der Waals surface area (Å²) in [7, 11) is 0. The minimum Gasteiger partial charge on any atom is -0.481 e. The van der Waals surface area contributed by atoms with Gasteiger partial charge in [0, 0.05) is 4.90 Å². The van der Waals surface area contributed by atoms with Gasteiger partial charge >= 0.3 is 5.97 Å². The van der Waals surface area contributed by atoms with Crippen LogP contribution in [0.5, 0.6) is 0 Å². The number of para-hydroxylation sites is 1. The molecular formula is C16H17NO3S. The molecule has 2 N–H and O–H groups in total. The van der Waals surface area contributed by atoms with E-state index < -0.39 is 17.8 Å². The number of carbonyl (C=O) groups excluding carboxylic acids is 1. The molecule has 2 aliphatic rings. The predicted molar refractivity (Wildman–Crippen MR) is 82.2 cm³/mol. The van der Waals surface area contributed by atoms with Gasteiger partial charge in [-0.25, -0.2) is 0 Å². The standard InChI is InChI=1S/C16H17NO3S/c1-21-12-5-3-2-4-11(12)17-15(18)13-9-6-7-10(8-9)14(13)16(19)20/h2-7,9-10,13-14H,8H2,1H3,(H,17,18)(H,19,20)/t9-,10-,13-,14-/m0/s1. The Labute approximate surface area is 127 Å². The van der Waals surface area contributed by atoms with Gasteiger partial charge in [0.25, 0.3) is 0 Å². The molecule has 2 bridgehead atoms. The summed E-state index contributed by atoms with van der Waals surface area (Å²) in [6.07, 6.45) is 6.67. The summed E-state index contributed by atoms with van der Waals surface area (Å²) in [6, 6.07) is 7.57. The lowest BCUT2D eigenvalue weighted by molar-refractivity contribution is -0.146. The van der Waals surface area contributed by atoms with Crippen molar-refractivity contribution in [1.82, 2.24) is 0 Å². The maximum atomic E-state index is 12.6. The van der Waals surface area contributed by atoms with Crippen LogP contribution in [-0.4, -0.2) is 23.2 Å². The summed E-state index contributed by atoms with van der Waals surface area (Å²) in [5.74, 6) is -2.06. The number of allylic oxidation sites excluding steroid dienone is 2. The monoisotopic (exact) mass is 303 g/mol. The number of carboxylic acid groups (broad SMARTS) is 1. The molecule has 3 rings (SSSR count). The van der Waals surface area contributed by atoms with Gasteiger partial charge in [0.2, 0.25) is 5.91 Å². The second-order valence-electron chi connectivity index (χ2n) is 5.53. The molecule has 1 fully saturated rings. The van der Waals surface area contributed by atoms with Crippen LogP contribution in [0.15, 0.2) is 41.3 Å². The van der Waals surface area contributed by atoms with Crippen molar-refractivity contribution in [2.45, 2.75) is 11.3 Å². The van der Waals surface area contributed by atoms with Crippen LogP contribution in [0.25, 0.3) is 0 Å². The molecule has 2 aliphatic carbocycles. The number of nitrogens with one attached hydrogen (secondary N) is 1. The molecule has 0 saturated heterocycles. The molecule has 4 atom stereocenters. The van der Waals surface area contributed by atoms with E-state index in [1.54, 1.807) is 11.8 Å². The van der Waals surface area contributed by atoms with Crippen LogP contribution in [0.4, 0.5) is 5.69 Å². The summed E-state index contributed by atoms with van der Waals surface area (Å²) >= 11 is 1.56. The summed E-state index contributed by atoms with van der Waals surface area (Å²) < 4.78 is 0. The minimum absolute atomic E-state index is 0.000885. The summed E-state index contributed by atoms with van der Waals surface area (Å²) in [4.78, 5) is 25.0. The zero-order chi connectivity index (χ0) is 15.0. The van der Waals surface area contributed by atoms with Gasteiger partial charge < -0.3 is 10.4 Å². The molecule has 0 unspecified atom stereocenters. The van der Waals surface area contributed by atoms with Gasteiger partial charge in [0.15, 0.2) is 0 Å². The molecule has 1 aromatic carbocycles. The summed E-state index contributed by atoms with van der Waals surface area (Å²) in [5.41, 5.74) is 0.755. The highest BCUT2D eigenvalue weighted by Gasteiger charge is 2.51. The largest absolute Gasteiger partial charge is 0.481 e. The number of fused-ring (bicyclic) bond motifs is 2. The highest BCUT2D eigenvalue weighted by molar-refractivity contribution is 7.98. The Kier molecular flexibility index (Phi) is 3.76. The van der Waals surface area contributed by atoms with Crippen molar-refractivity contribution in [3.8, 4) is 0 Å². The Morgan fingerprint density at radius 3 is 2.52 bits per heavy atom. The molecule has 0 aromatic heterocycles. The van der Waals surface area contributed by atoms with Crippen molar-refractivity contribution >= 4 is 29.3 Å². The minimum atomic E-state index is -0.870. The fourth-order valence-corrected chi connectivity index (χ4v) is 4.03. The normalized spacial score (nSPS) is 29.6. The first-order valence-electron chi connectivity index (χ1n) is 6.97. The second kappa shape index (κ2) is 5.56. The van der Waals surface area contributed by atoms with Crippen molar-refractivity contribution in [3.05, 3.63) is 36.4 Å². The molecule has 0 spiro atoms. The van der Waals surface area contributed by atoms with Gasteiger partial charge in [-0.05, 0) is 36.6 Å². The number of hydrogen-bond acceptors (Lipinski definition) is 3. The van der Waals surface area contributed by atoms with E-state index in [9.17, 15) is 14.7 Å². The van der Waals surface area contributed by atoms with Crippen molar-refractivity contribution in [2.75, 3.05) is 11.6 Å². The Hall–Kier alpha value is -1.75. The molecule has 0 heterocycles. The third kappa shape index (κ3) is 2.46. The van der Waals surface area contributed by atoms with Crippen LogP contribution in [0.1, 0.15) is 6.42 Å². The predicted octanol–water partition coefficient (Wildman–Crippen LogP) is 2.87. The van der Waals surface area contributed by atoms with E-state index in [0.717, 1.165) is 17.0 Å². The number of hydrogen-bond donors (Lipinski definition) is 2. The van der Waals surface area contributed by atoms with Crippen LogP contribution < -0.4 is 5.32 Å². The molecular weight excluding hydrogens is 286 g/mol. The summed E-state index contributed by atoms with van der Waals surface area (Å²) in [5, 5.41) is 12.3. The maximum absolute atomic E-state index is 12.6. The third-order valence-electron chi connectivity index (χ3n) is 4.41. The first-order valence-corrected chi connectivity index (χ1v) is 8.19.